The molecule has 0 aliphatic rings. The van der Waals surface area contributed by atoms with Gasteiger partial charge in [0.25, 0.3) is 0 Å². The molecule has 0 aromatic heterocycles. The molecule has 0 rings (SSSR count). The van der Waals surface area contributed by atoms with Crippen LogP contribution in [0.4, 0.5) is 0 Å². The summed E-state index contributed by atoms with van der Waals surface area (Å²) in [7, 11) is 0. The van der Waals surface area contributed by atoms with Crippen LogP contribution in [0.5, 0.6) is 0 Å². The Kier molecular flexibility index (Phi) is 16.3. The van der Waals surface area contributed by atoms with Crippen LogP contribution in [-0.2, 0) is 4.79 Å². The molecule has 0 aliphatic carbocycles. The zero-order valence-corrected chi connectivity index (χ0v) is 20.4. The number of Topliss-reactive ketones (excluding diaryl/α,β-unsaturated/α-hetero) is 1. The second kappa shape index (κ2) is 17.2. The Morgan fingerprint density at radius 1 is 0.448 bits per heavy atom. The highest BCUT2D eigenvalue weighted by Gasteiger charge is 2.00. The van der Waals surface area contributed by atoms with Gasteiger partial charge in [-0.3, -0.25) is 4.79 Å². The van der Waals surface area contributed by atoms with Crippen molar-refractivity contribution in [2.24, 2.45) is 0 Å². The lowest BCUT2D eigenvalue weighted by atomic mass is 10.0. The van der Waals surface area contributed by atoms with Gasteiger partial charge in [0.15, 0.2) is 0 Å². The van der Waals surface area contributed by atoms with E-state index in [0.29, 0.717) is 18.6 Å². The summed E-state index contributed by atoms with van der Waals surface area (Å²) < 4.78 is 0. The lowest BCUT2D eigenvalue weighted by Gasteiger charge is -2.02. The Morgan fingerprint density at radius 3 is 1.03 bits per heavy atom. The van der Waals surface area contributed by atoms with E-state index in [1.165, 1.54) is 27.9 Å². The second-order valence-corrected chi connectivity index (χ2v) is 8.95. The van der Waals surface area contributed by atoms with Crippen LogP contribution < -0.4 is 0 Å². The molecular formula is C28H46O. The molecule has 0 heterocycles. The number of hydrogen-bond acceptors (Lipinski definition) is 1. The third kappa shape index (κ3) is 19.5. The Labute approximate surface area is 181 Å². The van der Waals surface area contributed by atoms with Crippen LogP contribution in [0.1, 0.15) is 113 Å². The molecule has 1 heteroatoms. The van der Waals surface area contributed by atoms with Gasteiger partial charge in [0.1, 0.15) is 5.78 Å². The first-order valence-electron chi connectivity index (χ1n) is 11.5. The van der Waals surface area contributed by atoms with E-state index in [9.17, 15) is 4.79 Å². The van der Waals surface area contributed by atoms with E-state index in [2.05, 4.69) is 78.8 Å². The van der Waals surface area contributed by atoms with Crippen molar-refractivity contribution in [2.75, 3.05) is 0 Å². The van der Waals surface area contributed by atoms with Gasteiger partial charge in [-0.25, -0.2) is 0 Å². The molecule has 0 saturated carbocycles. The average molecular weight is 399 g/mol. The quantitative estimate of drug-likeness (QED) is 0.251. The minimum absolute atomic E-state index is 0.386. The van der Waals surface area contributed by atoms with Crippen molar-refractivity contribution < 1.29 is 4.79 Å². The van der Waals surface area contributed by atoms with E-state index in [-0.39, 0.29) is 0 Å². The topological polar surface area (TPSA) is 17.1 Å². The highest BCUT2D eigenvalue weighted by Crippen LogP contribution is 2.13. The van der Waals surface area contributed by atoms with Crippen LogP contribution in [0.25, 0.3) is 0 Å². The molecule has 0 fully saturated rings. The summed E-state index contributed by atoms with van der Waals surface area (Å²) in [6.45, 7) is 15.2. The lowest BCUT2D eigenvalue weighted by molar-refractivity contribution is -0.118. The van der Waals surface area contributed by atoms with Crippen molar-refractivity contribution in [3.8, 4) is 0 Å². The Morgan fingerprint density at radius 2 is 0.724 bits per heavy atom. The molecule has 0 spiro atoms. The maximum Gasteiger partial charge on any atom is 0.133 e. The zero-order chi connectivity index (χ0) is 22.1. The van der Waals surface area contributed by atoms with E-state index in [1.807, 2.05) is 0 Å². The molecule has 0 radical (unpaired) electrons. The van der Waals surface area contributed by atoms with Crippen molar-refractivity contribution in [1.29, 1.82) is 0 Å². The van der Waals surface area contributed by atoms with Crippen LogP contribution in [0.2, 0.25) is 0 Å². The van der Waals surface area contributed by atoms with E-state index in [0.717, 1.165) is 51.4 Å². The second-order valence-electron chi connectivity index (χ2n) is 8.95. The van der Waals surface area contributed by atoms with Crippen LogP contribution in [-0.4, -0.2) is 5.78 Å². The smallest absolute Gasteiger partial charge is 0.133 e. The predicted molar refractivity (Wildman–Crippen MR) is 131 cm³/mol. The molecule has 0 aromatic carbocycles. The first-order valence-corrected chi connectivity index (χ1v) is 11.5. The normalized spacial score (nSPS) is 12.7. The Bertz CT molecular complexity index is 615. The van der Waals surface area contributed by atoms with E-state index >= 15 is 0 Å². The summed E-state index contributed by atoms with van der Waals surface area (Å²) in [5.74, 6) is 0.386. The minimum atomic E-state index is 0.386. The minimum Gasteiger partial charge on any atom is -0.300 e. The fourth-order valence-corrected chi connectivity index (χ4v) is 3.11. The molecule has 164 valence electrons. The number of carbonyl (C=O) groups excluding carboxylic acids is 1. The average Bonchev–Trinajstić information content (AvgIpc) is 2.61. The molecule has 0 atom stereocenters. The van der Waals surface area contributed by atoms with Gasteiger partial charge in [-0.15, -0.1) is 0 Å². The van der Waals surface area contributed by atoms with Crippen LogP contribution >= 0.6 is 0 Å². The SMILES string of the molecule is CC(C)=CCCC(C)=CCCC(C)=CCCC(=O)CC/C=C(\C)CCC=C(C)C. The third-order valence-electron chi connectivity index (χ3n) is 5.05. The highest BCUT2D eigenvalue weighted by atomic mass is 16.1. The predicted octanol–water partition coefficient (Wildman–Crippen LogP) is 9.23. The summed E-state index contributed by atoms with van der Waals surface area (Å²) in [6, 6.07) is 0. The van der Waals surface area contributed by atoms with Gasteiger partial charge < -0.3 is 0 Å². The number of carbonyl (C=O) groups is 1. The molecule has 0 amide bonds. The van der Waals surface area contributed by atoms with Gasteiger partial charge in [-0.2, -0.15) is 0 Å². The maximum atomic E-state index is 12.1. The summed E-state index contributed by atoms with van der Waals surface area (Å²) in [5, 5.41) is 0. The number of rotatable bonds is 15. The maximum absolute atomic E-state index is 12.1. The molecule has 1 nitrogen and oxygen atoms in total. The number of allylic oxidation sites excluding steroid dienone is 10. The fourth-order valence-electron chi connectivity index (χ4n) is 3.11. The van der Waals surface area contributed by atoms with E-state index in [4.69, 9.17) is 0 Å². The zero-order valence-electron chi connectivity index (χ0n) is 20.4. The van der Waals surface area contributed by atoms with Crippen molar-refractivity contribution in [1.82, 2.24) is 0 Å². The van der Waals surface area contributed by atoms with Crippen LogP contribution in [0.3, 0.4) is 0 Å². The number of ketones is 1. The van der Waals surface area contributed by atoms with Gasteiger partial charge in [0.2, 0.25) is 0 Å². The Hall–Kier alpha value is -1.63. The van der Waals surface area contributed by atoms with E-state index in [1.54, 1.807) is 0 Å². The van der Waals surface area contributed by atoms with Gasteiger partial charge in [0.05, 0.1) is 0 Å². The summed E-state index contributed by atoms with van der Waals surface area (Å²) in [4.78, 5) is 12.1. The molecular weight excluding hydrogens is 352 g/mol. The molecule has 0 N–H and O–H groups in total. The van der Waals surface area contributed by atoms with Crippen LogP contribution in [0, 0.1) is 0 Å². The highest BCUT2D eigenvalue weighted by molar-refractivity contribution is 5.78. The van der Waals surface area contributed by atoms with Crippen molar-refractivity contribution in [3.63, 3.8) is 0 Å². The monoisotopic (exact) mass is 398 g/mol. The van der Waals surface area contributed by atoms with Crippen molar-refractivity contribution in [3.05, 3.63) is 58.2 Å². The molecule has 29 heavy (non-hydrogen) atoms. The number of hydrogen-bond donors (Lipinski definition) is 0. The molecule has 0 aromatic rings. The molecule has 0 saturated heterocycles. The lowest BCUT2D eigenvalue weighted by Crippen LogP contribution is -1.96. The standard InChI is InChI=1S/C28H46O/c1-23(2)13-8-15-25(5)17-10-18-27(7)20-12-22-28(29)21-11-19-26(6)16-9-14-24(3)4/h13-14,17,19-20H,8-12,15-16,18,21-22H2,1-7H3/b25-17?,26-19+,27-20?. The van der Waals surface area contributed by atoms with Crippen LogP contribution in [0.15, 0.2) is 58.2 Å². The molecule has 0 unspecified atom stereocenters. The summed E-state index contributed by atoms with van der Waals surface area (Å²) in [6.07, 6.45) is 21.3. The van der Waals surface area contributed by atoms with Gasteiger partial charge in [-0.1, -0.05) is 58.2 Å². The summed E-state index contributed by atoms with van der Waals surface area (Å²) in [5.41, 5.74) is 7.06. The largest absolute Gasteiger partial charge is 0.300 e. The first-order chi connectivity index (χ1) is 13.7. The molecule has 0 bridgehead atoms. The summed E-state index contributed by atoms with van der Waals surface area (Å²) >= 11 is 0. The third-order valence-corrected chi connectivity index (χ3v) is 5.05. The first kappa shape index (κ1) is 27.4. The van der Waals surface area contributed by atoms with Gasteiger partial charge in [-0.05, 0) is 99.8 Å². The van der Waals surface area contributed by atoms with Crippen molar-refractivity contribution >= 4 is 5.78 Å². The molecule has 0 aliphatic heterocycles. The van der Waals surface area contributed by atoms with Gasteiger partial charge in [0, 0.05) is 12.8 Å². The Balaban J connectivity index is 3.99. The van der Waals surface area contributed by atoms with E-state index < -0.39 is 0 Å². The fraction of sp³-hybridized carbons (Fsp3) is 0.607. The van der Waals surface area contributed by atoms with Crippen molar-refractivity contribution in [2.45, 2.75) is 113 Å². The van der Waals surface area contributed by atoms with Gasteiger partial charge >= 0.3 is 0 Å².